The maximum absolute atomic E-state index is 12.8. The highest BCUT2D eigenvalue weighted by Gasteiger charge is 2.62. The van der Waals surface area contributed by atoms with Crippen LogP contribution in [0, 0.1) is 11.3 Å². The van der Waals surface area contributed by atoms with E-state index in [0.717, 1.165) is 4.47 Å². The zero-order chi connectivity index (χ0) is 16.1. The molecule has 0 atom stereocenters. The monoisotopic (exact) mass is 374 g/mol. The third-order valence-corrected chi connectivity index (χ3v) is 7.36. The second-order valence-electron chi connectivity index (χ2n) is 6.73. The molecule has 0 saturated heterocycles. The van der Waals surface area contributed by atoms with Crippen molar-refractivity contribution in [1.29, 1.82) is 0 Å². The molecule has 1 fully saturated rings. The van der Waals surface area contributed by atoms with Gasteiger partial charge in [0.1, 0.15) is 0 Å². The molecule has 1 saturated carbocycles. The van der Waals surface area contributed by atoms with Crippen LogP contribution in [0.4, 0.5) is 0 Å². The highest BCUT2D eigenvalue weighted by Crippen LogP contribution is 2.53. The number of halogens is 1. The van der Waals surface area contributed by atoms with Crippen molar-refractivity contribution in [2.75, 3.05) is 0 Å². The minimum Gasteiger partial charge on any atom is -0.480 e. The quantitative estimate of drug-likeness (QED) is 0.878. The number of carboxylic acid groups (broad SMARTS) is 1. The first-order valence-corrected chi connectivity index (χ1v) is 9.02. The fourth-order valence-corrected chi connectivity index (χ4v) is 4.98. The smallest absolute Gasteiger partial charge is 0.325 e. The molecule has 0 spiro atoms. The van der Waals surface area contributed by atoms with Crippen molar-refractivity contribution in [1.82, 2.24) is 0 Å². The maximum Gasteiger partial charge on any atom is 0.325 e. The van der Waals surface area contributed by atoms with Gasteiger partial charge in [0, 0.05) is 4.47 Å². The van der Waals surface area contributed by atoms with Gasteiger partial charge in [0.05, 0.1) is 4.90 Å². The average Bonchev–Trinajstić information content (AvgIpc) is 2.24. The first-order valence-electron chi connectivity index (χ1n) is 6.74. The number of hydrogen-bond acceptors (Lipinski definition) is 3. The molecule has 1 aliphatic carbocycles. The van der Waals surface area contributed by atoms with Crippen molar-refractivity contribution in [2.45, 2.75) is 43.3 Å². The average molecular weight is 375 g/mol. The molecule has 0 aliphatic heterocycles. The maximum atomic E-state index is 12.8. The zero-order valence-corrected chi connectivity index (χ0v) is 14.7. The van der Waals surface area contributed by atoms with Crippen molar-refractivity contribution in [3.63, 3.8) is 0 Å². The van der Waals surface area contributed by atoms with Crippen molar-refractivity contribution in [3.05, 3.63) is 28.7 Å². The summed E-state index contributed by atoms with van der Waals surface area (Å²) in [7, 11) is -3.89. The third kappa shape index (κ3) is 2.63. The van der Waals surface area contributed by atoms with Gasteiger partial charge in [-0.1, -0.05) is 36.7 Å². The molecule has 1 aromatic rings. The lowest BCUT2D eigenvalue weighted by Gasteiger charge is -2.49. The SMILES string of the molecule is CC(C)(C)C1CC(C(=O)O)(S(=O)(=O)c2ccc(Br)cc2)C1. The summed E-state index contributed by atoms with van der Waals surface area (Å²) in [6.45, 7) is 6.03. The molecule has 1 aliphatic rings. The second-order valence-corrected chi connectivity index (χ2v) is 9.90. The second kappa shape index (κ2) is 5.09. The number of carbonyl (C=O) groups is 1. The standard InChI is InChI=1S/C15H19BrO4S/c1-14(2,3)10-8-15(9-10,13(17)18)21(19,20)12-6-4-11(16)5-7-12/h4-7,10H,8-9H2,1-3H3,(H,17,18). The number of aliphatic carboxylic acids is 1. The van der Waals surface area contributed by atoms with E-state index >= 15 is 0 Å². The highest BCUT2D eigenvalue weighted by molar-refractivity contribution is 9.10. The number of carboxylic acids is 1. The van der Waals surface area contributed by atoms with Crippen molar-refractivity contribution in [2.24, 2.45) is 11.3 Å². The van der Waals surface area contributed by atoms with Gasteiger partial charge < -0.3 is 5.11 Å². The molecule has 21 heavy (non-hydrogen) atoms. The minimum absolute atomic E-state index is 0.0699. The van der Waals surface area contributed by atoms with Crippen LogP contribution in [0.15, 0.2) is 33.6 Å². The van der Waals surface area contributed by atoms with Gasteiger partial charge in [-0.05, 0) is 48.4 Å². The predicted molar refractivity (Wildman–Crippen MR) is 83.9 cm³/mol. The van der Waals surface area contributed by atoms with Crippen LogP contribution in [0.3, 0.4) is 0 Å². The molecule has 0 bridgehead atoms. The molecule has 0 heterocycles. The molecular formula is C15H19BrO4S. The van der Waals surface area contributed by atoms with E-state index in [0.29, 0.717) is 0 Å². The molecule has 0 unspecified atom stereocenters. The number of sulfone groups is 1. The molecule has 1 N–H and O–H groups in total. The Morgan fingerprint density at radius 1 is 1.24 bits per heavy atom. The Bertz CT molecular complexity index is 650. The molecule has 4 nitrogen and oxygen atoms in total. The molecule has 1 aromatic carbocycles. The fourth-order valence-electron chi connectivity index (χ4n) is 2.70. The summed E-state index contributed by atoms with van der Waals surface area (Å²) >= 11 is 3.25. The molecule has 0 radical (unpaired) electrons. The molecule has 2 rings (SSSR count). The first-order chi connectivity index (χ1) is 9.50. The van der Waals surface area contributed by atoms with Crippen LogP contribution in [0.1, 0.15) is 33.6 Å². The number of rotatable bonds is 3. The van der Waals surface area contributed by atoms with Gasteiger partial charge in [0.25, 0.3) is 0 Å². The summed E-state index contributed by atoms with van der Waals surface area (Å²) in [5.41, 5.74) is -0.0891. The Kier molecular flexibility index (Phi) is 4.00. The van der Waals surface area contributed by atoms with Crippen molar-refractivity contribution in [3.8, 4) is 0 Å². The van der Waals surface area contributed by atoms with Crippen LogP contribution >= 0.6 is 15.9 Å². The highest BCUT2D eigenvalue weighted by atomic mass is 79.9. The lowest BCUT2D eigenvalue weighted by atomic mass is 9.62. The van der Waals surface area contributed by atoms with Gasteiger partial charge in [-0.15, -0.1) is 0 Å². The van der Waals surface area contributed by atoms with E-state index in [9.17, 15) is 18.3 Å². The largest absolute Gasteiger partial charge is 0.480 e. The normalized spacial score (nSPS) is 26.2. The lowest BCUT2D eigenvalue weighted by Crippen LogP contribution is -2.58. The first kappa shape index (κ1) is 16.5. The van der Waals surface area contributed by atoms with Crippen LogP contribution in [0.5, 0.6) is 0 Å². The summed E-state index contributed by atoms with van der Waals surface area (Å²) in [6, 6.07) is 6.13. The van der Waals surface area contributed by atoms with Gasteiger partial charge in [-0.3, -0.25) is 4.79 Å². The number of hydrogen-bond donors (Lipinski definition) is 1. The van der Waals surface area contributed by atoms with Crippen molar-refractivity contribution >= 4 is 31.7 Å². The van der Waals surface area contributed by atoms with E-state index in [1.807, 2.05) is 20.8 Å². The van der Waals surface area contributed by atoms with E-state index in [-0.39, 0.29) is 29.1 Å². The summed E-state index contributed by atoms with van der Waals surface area (Å²) in [6.07, 6.45) is 0.342. The lowest BCUT2D eigenvalue weighted by molar-refractivity contribution is -0.145. The summed E-state index contributed by atoms with van der Waals surface area (Å²) in [5.74, 6) is -1.15. The third-order valence-electron chi connectivity index (χ3n) is 4.41. The van der Waals surface area contributed by atoms with Crippen LogP contribution in [0.2, 0.25) is 0 Å². The van der Waals surface area contributed by atoms with Gasteiger partial charge >= 0.3 is 5.97 Å². The predicted octanol–water partition coefficient (Wildman–Crippen LogP) is 3.50. The summed E-state index contributed by atoms with van der Waals surface area (Å²) < 4.78 is 24.6. The topological polar surface area (TPSA) is 71.4 Å². The minimum atomic E-state index is -3.89. The van der Waals surface area contributed by atoms with Crippen LogP contribution < -0.4 is 0 Å². The van der Waals surface area contributed by atoms with E-state index in [1.54, 1.807) is 12.1 Å². The van der Waals surface area contributed by atoms with Crippen LogP contribution in [0.25, 0.3) is 0 Å². The molecule has 0 amide bonds. The van der Waals surface area contributed by atoms with Crippen LogP contribution in [-0.4, -0.2) is 24.2 Å². The summed E-state index contributed by atoms with van der Waals surface area (Å²) in [4.78, 5) is 11.7. The Labute approximate surface area is 133 Å². The van der Waals surface area contributed by atoms with Crippen molar-refractivity contribution < 1.29 is 18.3 Å². The molecule has 0 aromatic heterocycles. The van der Waals surface area contributed by atoms with Gasteiger partial charge in [0.15, 0.2) is 14.6 Å². The van der Waals surface area contributed by atoms with E-state index in [2.05, 4.69) is 15.9 Å². The van der Waals surface area contributed by atoms with Gasteiger partial charge in [0.2, 0.25) is 0 Å². The van der Waals surface area contributed by atoms with Crippen LogP contribution in [-0.2, 0) is 14.6 Å². The van der Waals surface area contributed by atoms with Gasteiger partial charge in [-0.25, -0.2) is 8.42 Å². The van der Waals surface area contributed by atoms with E-state index < -0.39 is 20.6 Å². The molecule has 116 valence electrons. The number of benzene rings is 1. The Morgan fingerprint density at radius 3 is 2.10 bits per heavy atom. The Morgan fingerprint density at radius 2 is 1.71 bits per heavy atom. The summed E-state index contributed by atoms with van der Waals surface area (Å²) in [5, 5.41) is 9.53. The van der Waals surface area contributed by atoms with E-state index in [4.69, 9.17) is 0 Å². The Balaban J connectivity index is 2.41. The zero-order valence-electron chi connectivity index (χ0n) is 12.3. The fraction of sp³-hybridized carbons (Fsp3) is 0.533. The van der Waals surface area contributed by atoms with E-state index in [1.165, 1.54) is 12.1 Å². The van der Waals surface area contributed by atoms with Gasteiger partial charge in [-0.2, -0.15) is 0 Å². The molecular weight excluding hydrogens is 356 g/mol. The molecule has 6 heteroatoms. The Hall–Kier alpha value is -0.880.